The van der Waals surface area contributed by atoms with Gasteiger partial charge < -0.3 is 10.0 Å². The number of likely N-dealkylation sites (N-methyl/N-ethyl adjacent to an activating group) is 1. The second-order valence-electron chi connectivity index (χ2n) is 5.97. The number of hydrazone groups is 1. The first-order valence-corrected chi connectivity index (χ1v) is 8.61. The molecule has 1 heterocycles. The molecule has 0 radical (unpaired) electrons. The van der Waals surface area contributed by atoms with Crippen LogP contribution in [0.25, 0.3) is 0 Å². The minimum absolute atomic E-state index is 0.00428. The Morgan fingerprint density at radius 1 is 1.16 bits per heavy atom. The van der Waals surface area contributed by atoms with E-state index in [-0.39, 0.29) is 18.6 Å². The fourth-order valence-electron chi connectivity index (χ4n) is 3.10. The predicted octanol–water partition coefficient (Wildman–Crippen LogP) is 2.83. The number of carbonyl (C=O) groups is 1. The van der Waals surface area contributed by atoms with E-state index in [1.54, 1.807) is 4.90 Å². The molecule has 0 bridgehead atoms. The summed E-state index contributed by atoms with van der Waals surface area (Å²) in [5, 5.41) is 15.7. The number of amides is 1. The molecule has 5 heteroatoms. The number of aliphatic hydroxyl groups is 1. The first-order chi connectivity index (χ1) is 12.2. The second-order valence-corrected chi connectivity index (χ2v) is 5.97. The number of nitrogens with zero attached hydrogens (tertiary/aromatic N) is 3. The Hall–Kier alpha value is -2.66. The Balaban J connectivity index is 1.92. The van der Waals surface area contributed by atoms with Crippen LogP contribution < -0.4 is 5.01 Å². The van der Waals surface area contributed by atoms with Crippen molar-refractivity contribution < 1.29 is 9.90 Å². The Labute approximate surface area is 148 Å². The zero-order chi connectivity index (χ0) is 17.6. The van der Waals surface area contributed by atoms with E-state index in [9.17, 15) is 9.90 Å². The van der Waals surface area contributed by atoms with Crippen LogP contribution in [0.5, 0.6) is 0 Å². The van der Waals surface area contributed by atoms with Gasteiger partial charge in [0.2, 0.25) is 0 Å². The van der Waals surface area contributed by atoms with Crippen LogP contribution in [-0.4, -0.2) is 41.3 Å². The van der Waals surface area contributed by atoms with Crippen molar-refractivity contribution in [3.05, 3.63) is 66.2 Å². The zero-order valence-corrected chi connectivity index (χ0v) is 14.4. The quantitative estimate of drug-likeness (QED) is 0.882. The highest BCUT2D eigenvalue weighted by Crippen LogP contribution is 2.35. The minimum atomic E-state index is -0.101. The number of hydrogen-bond donors (Lipinski definition) is 1. The number of carbonyl (C=O) groups excluding carboxylic acids is 1. The van der Waals surface area contributed by atoms with Crippen LogP contribution in [-0.2, 0) is 4.79 Å². The standard InChI is InChI=1S/C20H23N3O2/c1-2-22(13-14-24)20(25)18-15-19(16-9-5-3-6-10-16)23(21-18)17-11-7-4-8-12-17/h3-12,19,24H,2,13-15H2,1H3. The van der Waals surface area contributed by atoms with Gasteiger partial charge in [-0.15, -0.1) is 0 Å². The van der Waals surface area contributed by atoms with E-state index in [1.807, 2.05) is 60.5 Å². The van der Waals surface area contributed by atoms with Crippen molar-refractivity contribution in [2.45, 2.75) is 19.4 Å². The molecule has 5 nitrogen and oxygen atoms in total. The molecule has 2 aromatic rings. The lowest BCUT2D eigenvalue weighted by atomic mass is 10.0. The fourth-order valence-corrected chi connectivity index (χ4v) is 3.10. The van der Waals surface area contributed by atoms with Gasteiger partial charge in [-0.25, -0.2) is 0 Å². The Bertz CT molecular complexity index is 731. The van der Waals surface area contributed by atoms with Gasteiger partial charge in [0.25, 0.3) is 5.91 Å². The van der Waals surface area contributed by atoms with Gasteiger partial charge in [0.05, 0.1) is 18.3 Å². The summed E-state index contributed by atoms with van der Waals surface area (Å²) in [6.07, 6.45) is 0.555. The van der Waals surface area contributed by atoms with Gasteiger partial charge in [0.1, 0.15) is 5.71 Å². The van der Waals surface area contributed by atoms with Gasteiger partial charge in [0.15, 0.2) is 0 Å². The van der Waals surface area contributed by atoms with Gasteiger partial charge in [-0.3, -0.25) is 9.80 Å². The molecular formula is C20H23N3O2. The normalized spacial score (nSPS) is 16.6. The Morgan fingerprint density at radius 3 is 2.40 bits per heavy atom. The van der Waals surface area contributed by atoms with E-state index in [2.05, 4.69) is 17.2 Å². The van der Waals surface area contributed by atoms with Crippen molar-refractivity contribution in [2.24, 2.45) is 5.10 Å². The smallest absolute Gasteiger partial charge is 0.270 e. The van der Waals surface area contributed by atoms with E-state index in [0.717, 1.165) is 11.3 Å². The summed E-state index contributed by atoms with van der Waals surface area (Å²) in [6, 6.07) is 20.0. The largest absolute Gasteiger partial charge is 0.395 e. The third kappa shape index (κ3) is 3.72. The summed E-state index contributed by atoms with van der Waals surface area (Å²) in [6.45, 7) is 2.75. The Morgan fingerprint density at radius 2 is 1.80 bits per heavy atom. The summed E-state index contributed by atoms with van der Waals surface area (Å²) in [4.78, 5) is 14.4. The number of rotatable bonds is 6. The molecule has 0 aromatic heterocycles. The summed E-state index contributed by atoms with van der Waals surface area (Å²) < 4.78 is 0. The second kappa shape index (κ2) is 7.94. The van der Waals surface area contributed by atoms with Crippen molar-refractivity contribution in [1.82, 2.24) is 4.90 Å². The zero-order valence-electron chi connectivity index (χ0n) is 14.4. The van der Waals surface area contributed by atoms with Gasteiger partial charge in [-0.1, -0.05) is 48.5 Å². The fraction of sp³-hybridized carbons (Fsp3) is 0.300. The maximum Gasteiger partial charge on any atom is 0.270 e. The van der Waals surface area contributed by atoms with Crippen molar-refractivity contribution in [1.29, 1.82) is 0 Å². The van der Waals surface area contributed by atoms with Crippen LogP contribution in [0.4, 0.5) is 5.69 Å². The highest BCUT2D eigenvalue weighted by atomic mass is 16.3. The molecule has 25 heavy (non-hydrogen) atoms. The number of aliphatic hydroxyl groups excluding tert-OH is 1. The van der Waals surface area contributed by atoms with Crippen molar-refractivity contribution >= 4 is 17.3 Å². The molecule has 0 fully saturated rings. The lowest BCUT2D eigenvalue weighted by Gasteiger charge is -2.23. The first-order valence-electron chi connectivity index (χ1n) is 8.61. The van der Waals surface area contributed by atoms with Gasteiger partial charge >= 0.3 is 0 Å². The van der Waals surface area contributed by atoms with Gasteiger partial charge in [-0.2, -0.15) is 5.10 Å². The highest BCUT2D eigenvalue weighted by Gasteiger charge is 2.33. The van der Waals surface area contributed by atoms with Gasteiger partial charge in [-0.05, 0) is 24.6 Å². The molecule has 0 spiro atoms. The van der Waals surface area contributed by atoms with Crippen molar-refractivity contribution in [3.8, 4) is 0 Å². The SMILES string of the molecule is CCN(CCO)C(=O)C1=NN(c2ccccc2)C(c2ccccc2)C1. The van der Waals surface area contributed by atoms with Crippen LogP contribution in [0.15, 0.2) is 65.8 Å². The predicted molar refractivity (Wildman–Crippen MR) is 99.5 cm³/mol. The molecule has 3 rings (SSSR count). The molecule has 0 aliphatic carbocycles. The molecule has 1 aliphatic heterocycles. The summed E-state index contributed by atoms with van der Waals surface area (Å²) in [5.41, 5.74) is 2.63. The lowest BCUT2D eigenvalue weighted by Crippen LogP contribution is -2.37. The summed E-state index contributed by atoms with van der Waals surface area (Å²) in [5.74, 6) is -0.101. The van der Waals surface area contributed by atoms with Crippen LogP contribution in [0, 0.1) is 0 Å². The maximum atomic E-state index is 12.8. The van der Waals surface area contributed by atoms with E-state index in [4.69, 9.17) is 0 Å². The van der Waals surface area contributed by atoms with E-state index >= 15 is 0 Å². The summed E-state index contributed by atoms with van der Waals surface area (Å²) in [7, 11) is 0. The number of anilines is 1. The molecule has 1 N–H and O–H groups in total. The molecule has 130 valence electrons. The molecular weight excluding hydrogens is 314 g/mol. The molecule has 1 atom stereocenters. The monoisotopic (exact) mass is 337 g/mol. The average molecular weight is 337 g/mol. The third-order valence-corrected chi connectivity index (χ3v) is 4.40. The molecule has 1 amide bonds. The van der Waals surface area contributed by atoms with E-state index in [1.165, 1.54) is 0 Å². The Kier molecular flexibility index (Phi) is 5.46. The topological polar surface area (TPSA) is 56.1 Å². The molecule has 0 saturated carbocycles. The summed E-state index contributed by atoms with van der Waals surface area (Å²) >= 11 is 0. The third-order valence-electron chi connectivity index (χ3n) is 4.40. The van der Waals surface area contributed by atoms with Crippen LogP contribution in [0.3, 0.4) is 0 Å². The van der Waals surface area contributed by atoms with Crippen molar-refractivity contribution in [2.75, 3.05) is 24.7 Å². The van der Waals surface area contributed by atoms with Crippen LogP contribution in [0.1, 0.15) is 24.9 Å². The highest BCUT2D eigenvalue weighted by molar-refractivity contribution is 6.39. The number of hydrogen-bond acceptors (Lipinski definition) is 4. The molecule has 1 aliphatic rings. The maximum absolute atomic E-state index is 12.8. The number of para-hydroxylation sites is 1. The van der Waals surface area contributed by atoms with Crippen LogP contribution in [0.2, 0.25) is 0 Å². The lowest BCUT2D eigenvalue weighted by molar-refractivity contribution is -0.124. The van der Waals surface area contributed by atoms with Crippen LogP contribution >= 0.6 is 0 Å². The van der Waals surface area contributed by atoms with Crippen molar-refractivity contribution in [3.63, 3.8) is 0 Å². The molecule has 2 aromatic carbocycles. The van der Waals surface area contributed by atoms with E-state index in [0.29, 0.717) is 25.2 Å². The first kappa shape index (κ1) is 17.2. The minimum Gasteiger partial charge on any atom is -0.395 e. The molecule has 0 saturated heterocycles. The number of benzene rings is 2. The van der Waals surface area contributed by atoms with E-state index < -0.39 is 0 Å². The van der Waals surface area contributed by atoms with Gasteiger partial charge in [0, 0.05) is 19.5 Å². The average Bonchev–Trinajstić information content (AvgIpc) is 3.12. The molecule has 1 unspecified atom stereocenters.